The molecule has 1 aromatic heterocycles. The zero-order valence-electron chi connectivity index (χ0n) is 14.4. The first-order chi connectivity index (χ1) is 13.3. The molecule has 1 fully saturated rings. The first kappa shape index (κ1) is 19.5. The quantitative estimate of drug-likeness (QED) is 0.596. The van der Waals surface area contributed by atoms with Crippen molar-refractivity contribution in [1.82, 2.24) is 9.29 Å². The zero-order chi connectivity index (χ0) is 19.9. The molecule has 1 saturated heterocycles. The molecule has 28 heavy (non-hydrogen) atoms. The Balaban J connectivity index is 1.43. The highest BCUT2D eigenvalue weighted by molar-refractivity contribution is 7.89. The van der Waals surface area contributed by atoms with Crippen LogP contribution in [0.2, 0.25) is 5.02 Å². The Hall–Kier alpha value is -1.81. The fraction of sp³-hybridized carbons (Fsp3) is 0.278. The van der Waals surface area contributed by atoms with Crippen molar-refractivity contribution in [3.63, 3.8) is 0 Å². The summed E-state index contributed by atoms with van der Waals surface area (Å²) < 4.78 is 60.1. The normalized spacial score (nSPS) is 16.5. The number of piperidine rings is 1. The van der Waals surface area contributed by atoms with E-state index in [0.29, 0.717) is 35.7 Å². The third kappa shape index (κ3) is 3.84. The molecule has 0 spiro atoms. The van der Waals surface area contributed by atoms with E-state index in [0.717, 1.165) is 17.4 Å². The summed E-state index contributed by atoms with van der Waals surface area (Å²) in [4.78, 5) is 4.28. The van der Waals surface area contributed by atoms with Gasteiger partial charge in [-0.1, -0.05) is 22.9 Å². The first-order valence-corrected chi connectivity index (χ1v) is 11.1. The molecule has 148 valence electrons. The number of ether oxygens (including phenoxy) is 1. The van der Waals surface area contributed by atoms with Gasteiger partial charge in [0.05, 0.1) is 9.60 Å². The molecule has 2 aromatic carbocycles. The molecule has 4 rings (SSSR count). The molecule has 0 saturated carbocycles. The second-order valence-corrected chi connectivity index (χ2v) is 9.76. The number of rotatable bonds is 4. The van der Waals surface area contributed by atoms with Crippen molar-refractivity contribution in [3.8, 4) is 5.19 Å². The molecule has 1 aliphatic heterocycles. The second kappa shape index (κ2) is 7.55. The smallest absolute Gasteiger partial charge is 0.274 e. The van der Waals surface area contributed by atoms with E-state index < -0.39 is 21.7 Å². The third-order valence-electron chi connectivity index (χ3n) is 4.51. The molecule has 2 heterocycles. The summed E-state index contributed by atoms with van der Waals surface area (Å²) in [6.07, 6.45) is 0.698. The molecule has 3 aromatic rings. The number of halogens is 3. The molecular formula is C18H15ClF2N2O3S2. The minimum atomic E-state index is -3.59. The monoisotopic (exact) mass is 444 g/mol. The van der Waals surface area contributed by atoms with E-state index in [1.807, 2.05) is 0 Å². The Labute approximate surface area is 169 Å². The lowest BCUT2D eigenvalue weighted by Gasteiger charge is -2.30. The largest absolute Gasteiger partial charge is 0.467 e. The third-order valence-corrected chi connectivity index (χ3v) is 7.57. The van der Waals surface area contributed by atoms with Crippen LogP contribution in [0.4, 0.5) is 8.78 Å². The van der Waals surface area contributed by atoms with Crippen molar-refractivity contribution < 1.29 is 21.9 Å². The predicted octanol–water partition coefficient (Wildman–Crippen LogP) is 4.46. The Kier molecular flexibility index (Phi) is 5.26. The summed E-state index contributed by atoms with van der Waals surface area (Å²) in [6, 6.07) is 8.04. The number of fused-ring (bicyclic) bond motifs is 1. The van der Waals surface area contributed by atoms with Crippen molar-refractivity contribution in [1.29, 1.82) is 0 Å². The van der Waals surface area contributed by atoms with Crippen molar-refractivity contribution in [2.24, 2.45) is 0 Å². The lowest BCUT2D eigenvalue weighted by Crippen LogP contribution is -2.41. The topological polar surface area (TPSA) is 59.5 Å². The number of thiazole rings is 1. The average Bonchev–Trinajstić information content (AvgIpc) is 3.05. The Morgan fingerprint density at radius 3 is 2.50 bits per heavy atom. The maximum Gasteiger partial charge on any atom is 0.274 e. The summed E-state index contributed by atoms with van der Waals surface area (Å²) in [5.41, 5.74) is 0.0733. The molecule has 0 N–H and O–H groups in total. The molecule has 0 amide bonds. The van der Waals surface area contributed by atoms with Gasteiger partial charge in [-0.25, -0.2) is 17.2 Å². The van der Waals surface area contributed by atoms with Gasteiger partial charge in [-0.2, -0.15) is 9.29 Å². The molecule has 5 nitrogen and oxygen atoms in total. The minimum Gasteiger partial charge on any atom is -0.467 e. The SMILES string of the molecule is O=S(=O)(c1ccc(Cl)cc1)N1CCC(Oc2nc3c(F)cc(F)cc3s2)CC1. The molecule has 0 unspecified atom stereocenters. The van der Waals surface area contributed by atoms with E-state index in [1.165, 1.54) is 22.5 Å². The number of nitrogens with zero attached hydrogens (tertiary/aromatic N) is 2. The van der Waals surface area contributed by atoms with E-state index >= 15 is 0 Å². The van der Waals surface area contributed by atoms with Gasteiger partial charge >= 0.3 is 0 Å². The van der Waals surface area contributed by atoms with Crippen LogP contribution in [0.15, 0.2) is 41.3 Å². The number of aromatic nitrogens is 1. The molecular weight excluding hydrogens is 430 g/mol. The fourth-order valence-corrected chi connectivity index (χ4v) is 5.59. The number of benzene rings is 2. The van der Waals surface area contributed by atoms with Crippen molar-refractivity contribution in [3.05, 3.63) is 53.1 Å². The fourth-order valence-electron chi connectivity index (χ4n) is 3.08. The first-order valence-electron chi connectivity index (χ1n) is 8.51. The van der Waals surface area contributed by atoms with Gasteiger partial charge in [0, 0.05) is 24.2 Å². The van der Waals surface area contributed by atoms with E-state index in [9.17, 15) is 17.2 Å². The van der Waals surface area contributed by atoms with Crippen LogP contribution >= 0.6 is 22.9 Å². The second-order valence-electron chi connectivity index (χ2n) is 6.39. The zero-order valence-corrected chi connectivity index (χ0v) is 16.8. The van der Waals surface area contributed by atoms with Gasteiger partial charge in [0.2, 0.25) is 10.0 Å². The molecule has 0 atom stereocenters. The standard InChI is InChI=1S/C18H15ClF2N2O3S2/c19-11-1-3-14(4-2-11)28(24,25)23-7-5-13(6-8-23)26-18-22-17-15(21)9-12(20)10-16(17)27-18/h1-4,9-10,13H,5-8H2. The van der Waals surface area contributed by atoms with Crippen LogP contribution < -0.4 is 4.74 Å². The molecule has 0 aliphatic carbocycles. The van der Waals surface area contributed by atoms with Crippen molar-refractivity contribution in [2.45, 2.75) is 23.8 Å². The van der Waals surface area contributed by atoms with Gasteiger partial charge < -0.3 is 4.74 Å². The van der Waals surface area contributed by atoms with Crippen molar-refractivity contribution >= 4 is 43.2 Å². The van der Waals surface area contributed by atoms with Gasteiger partial charge in [0.15, 0.2) is 5.82 Å². The van der Waals surface area contributed by atoms with Crippen LogP contribution in [-0.2, 0) is 10.0 Å². The number of sulfonamides is 1. The van der Waals surface area contributed by atoms with E-state index in [-0.39, 0.29) is 21.7 Å². The summed E-state index contributed by atoms with van der Waals surface area (Å²) >= 11 is 6.88. The maximum atomic E-state index is 13.8. The van der Waals surface area contributed by atoms with Gasteiger partial charge in [0.1, 0.15) is 17.4 Å². The number of hydrogen-bond acceptors (Lipinski definition) is 5. The lowest BCUT2D eigenvalue weighted by atomic mass is 10.1. The van der Waals surface area contributed by atoms with E-state index in [4.69, 9.17) is 16.3 Å². The molecule has 0 radical (unpaired) electrons. The molecule has 10 heteroatoms. The minimum absolute atomic E-state index is 0.0733. The maximum absolute atomic E-state index is 13.8. The van der Waals surface area contributed by atoms with Gasteiger partial charge in [0.25, 0.3) is 5.19 Å². The van der Waals surface area contributed by atoms with Crippen LogP contribution in [0.3, 0.4) is 0 Å². The summed E-state index contributed by atoms with van der Waals surface area (Å²) in [7, 11) is -3.59. The summed E-state index contributed by atoms with van der Waals surface area (Å²) in [5.74, 6) is -1.40. The van der Waals surface area contributed by atoms with Crippen LogP contribution in [0.5, 0.6) is 5.19 Å². The van der Waals surface area contributed by atoms with Crippen LogP contribution in [-0.4, -0.2) is 36.9 Å². The predicted molar refractivity (Wildman–Crippen MR) is 103 cm³/mol. The summed E-state index contributed by atoms with van der Waals surface area (Å²) in [5, 5.41) is 0.719. The van der Waals surface area contributed by atoms with Crippen LogP contribution in [0.1, 0.15) is 12.8 Å². The Morgan fingerprint density at radius 1 is 1.14 bits per heavy atom. The molecule has 1 aliphatic rings. The highest BCUT2D eigenvalue weighted by Gasteiger charge is 2.30. The van der Waals surface area contributed by atoms with Gasteiger partial charge in [-0.3, -0.25) is 0 Å². The highest BCUT2D eigenvalue weighted by Crippen LogP contribution is 2.32. The van der Waals surface area contributed by atoms with Gasteiger partial charge in [-0.15, -0.1) is 0 Å². The van der Waals surface area contributed by atoms with E-state index in [2.05, 4.69) is 4.98 Å². The van der Waals surface area contributed by atoms with Crippen LogP contribution in [0, 0.1) is 11.6 Å². The van der Waals surface area contributed by atoms with Gasteiger partial charge in [-0.05, 0) is 43.2 Å². The Bertz CT molecular complexity index is 1110. The van der Waals surface area contributed by atoms with Crippen molar-refractivity contribution in [2.75, 3.05) is 13.1 Å². The average molecular weight is 445 g/mol. The number of hydrogen-bond donors (Lipinski definition) is 0. The molecule has 0 bridgehead atoms. The summed E-state index contributed by atoms with van der Waals surface area (Å²) in [6.45, 7) is 0.590. The highest BCUT2D eigenvalue weighted by atomic mass is 35.5. The van der Waals surface area contributed by atoms with Crippen LogP contribution in [0.25, 0.3) is 10.2 Å². The Morgan fingerprint density at radius 2 is 1.82 bits per heavy atom. The lowest BCUT2D eigenvalue weighted by molar-refractivity contribution is 0.135. The van der Waals surface area contributed by atoms with E-state index in [1.54, 1.807) is 12.1 Å².